The number of nitrogen functional groups attached to an aromatic ring is 1. The van der Waals surface area contributed by atoms with Gasteiger partial charge in [-0.2, -0.15) is 0 Å². The van der Waals surface area contributed by atoms with Gasteiger partial charge in [0.05, 0.1) is 0 Å². The van der Waals surface area contributed by atoms with Gasteiger partial charge in [-0.15, -0.1) is 0 Å². The molecule has 2 nitrogen and oxygen atoms in total. The molecular formula is C16H20N2. The van der Waals surface area contributed by atoms with Crippen molar-refractivity contribution in [2.24, 2.45) is 0 Å². The van der Waals surface area contributed by atoms with Gasteiger partial charge in [0.2, 0.25) is 0 Å². The van der Waals surface area contributed by atoms with Crippen molar-refractivity contribution in [3.8, 4) is 0 Å². The molecule has 0 unspecified atom stereocenters. The van der Waals surface area contributed by atoms with Gasteiger partial charge in [-0.1, -0.05) is 25.1 Å². The van der Waals surface area contributed by atoms with Crippen molar-refractivity contribution in [2.45, 2.75) is 20.3 Å². The van der Waals surface area contributed by atoms with Gasteiger partial charge in [-0.25, -0.2) is 0 Å². The zero-order valence-corrected chi connectivity index (χ0v) is 11.3. The van der Waals surface area contributed by atoms with E-state index in [1.807, 2.05) is 13.0 Å². The Morgan fingerprint density at radius 2 is 1.61 bits per heavy atom. The van der Waals surface area contributed by atoms with Gasteiger partial charge in [0.25, 0.3) is 0 Å². The molecule has 0 spiro atoms. The van der Waals surface area contributed by atoms with Crippen molar-refractivity contribution in [3.63, 3.8) is 0 Å². The first-order valence-corrected chi connectivity index (χ1v) is 6.30. The fraction of sp³-hybridized carbons (Fsp3) is 0.250. The largest absolute Gasteiger partial charge is 0.398 e. The van der Waals surface area contributed by atoms with Crippen molar-refractivity contribution < 1.29 is 0 Å². The molecule has 94 valence electrons. The van der Waals surface area contributed by atoms with E-state index in [1.165, 1.54) is 11.3 Å². The number of anilines is 3. The van der Waals surface area contributed by atoms with E-state index in [2.05, 4.69) is 55.3 Å². The maximum atomic E-state index is 5.96. The van der Waals surface area contributed by atoms with Gasteiger partial charge in [-0.05, 0) is 48.7 Å². The molecule has 0 radical (unpaired) electrons. The minimum atomic E-state index is 0.838. The average Bonchev–Trinajstić information content (AvgIpc) is 2.41. The lowest BCUT2D eigenvalue weighted by Gasteiger charge is -2.20. The van der Waals surface area contributed by atoms with Gasteiger partial charge in [0.1, 0.15) is 0 Å². The van der Waals surface area contributed by atoms with Crippen LogP contribution in [0.5, 0.6) is 0 Å². The summed E-state index contributed by atoms with van der Waals surface area (Å²) in [5.41, 5.74) is 11.6. The first kappa shape index (κ1) is 12.5. The Hall–Kier alpha value is -1.96. The highest BCUT2D eigenvalue weighted by molar-refractivity contribution is 5.67. The maximum Gasteiger partial charge on any atom is 0.0428 e. The van der Waals surface area contributed by atoms with Crippen LogP contribution in [-0.4, -0.2) is 7.05 Å². The Morgan fingerprint density at radius 3 is 2.17 bits per heavy atom. The molecule has 0 saturated carbocycles. The lowest BCUT2D eigenvalue weighted by molar-refractivity contribution is 1.13. The molecule has 0 saturated heterocycles. The predicted octanol–water partition coefficient (Wildman–Crippen LogP) is 3.91. The number of aryl methyl sites for hydroxylation is 2. The summed E-state index contributed by atoms with van der Waals surface area (Å²) in [5.74, 6) is 0. The highest BCUT2D eigenvalue weighted by Crippen LogP contribution is 2.26. The second kappa shape index (κ2) is 5.13. The minimum absolute atomic E-state index is 0.838. The Bertz CT molecular complexity index is 529. The third-order valence-corrected chi connectivity index (χ3v) is 3.38. The Balaban J connectivity index is 2.28. The van der Waals surface area contributed by atoms with Crippen LogP contribution in [0, 0.1) is 6.92 Å². The summed E-state index contributed by atoms with van der Waals surface area (Å²) in [6.07, 6.45) is 1.07. The normalized spacial score (nSPS) is 10.4. The average molecular weight is 240 g/mol. The SMILES string of the molecule is CCc1ccc(N(C)c2ccc(C)c(N)c2)cc1. The fourth-order valence-electron chi connectivity index (χ4n) is 1.94. The second-order valence-corrected chi connectivity index (χ2v) is 4.62. The number of hydrogen-bond donors (Lipinski definition) is 1. The molecule has 0 aliphatic rings. The van der Waals surface area contributed by atoms with Crippen LogP contribution in [0.2, 0.25) is 0 Å². The number of hydrogen-bond acceptors (Lipinski definition) is 2. The summed E-state index contributed by atoms with van der Waals surface area (Å²) >= 11 is 0. The number of nitrogens with two attached hydrogens (primary N) is 1. The molecular weight excluding hydrogens is 220 g/mol. The molecule has 0 atom stereocenters. The second-order valence-electron chi connectivity index (χ2n) is 4.62. The van der Waals surface area contributed by atoms with Crippen LogP contribution in [0.1, 0.15) is 18.1 Å². The predicted molar refractivity (Wildman–Crippen MR) is 79.5 cm³/mol. The van der Waals surface area contributed by atoms with E-state index in [-0.39, 0.29) is 0 Å². The highest BCUT2D eigenvalue weighted by Gasteiger charge is 2.05. The smallest absolute Gasteiger partial charge is 0.0428 e. The van der Waals surface area contributed by atoms with E-state index in [0.717, 1.165) is 23.4 Å². The summed E-state index contributed by atoms with van der Waals surface area (Å²) < 4.78 is 0. The number of benzene rings is 2. The topological polar surface area (TPSA) is 29.3 Å². The third-order valence-electron chi connectivity index (χ3n) is 3.38. The molecule has 18 heavy (non-hydrogen) atoms. The lowest BCUT2D eigenvalue weighted by Crippen LogP contribution is -2.09. The summed E-state index contributed by atoms with van der Waals surface area (Å²) in [5, 5.41) is 0. The Morgan fingerprint density at radius 1 is 1.00 bits per heavy atom. The molecule has 0 aliphatic carbocycles. The fourth-order valence-corrected chi connectivity index (χ4v) is 1.94. The summed E-state index contributed by atoms with van der Waals surface area (Å²) in [7, 11) is 2.06. The maximum absolute atomic E-state index is 5.96. The monoisotopic (exact) mass is 240 g/mol. The van der Waals surface area contributed by atoms with Crippen molar-refractivity contribution in [1.82, 2.24) is 0 Å². The van der Waals surface area contributed by atoms with Gasteiger partial charge < -0.3 is 10.6 Å². The molecule has 0 aliphatic heterocycles. The third kappa shape index (κ3) is 2.48. The Kier molecular flexibility index (Phi) is 3.56. The van der Waals surface area contributed by atoms with E-state index in [1.54, 1.807) is 0 Å². The molecule has 0 fully saturated rings. The summed E-state index contributed by atoms with van der Waals surface area (Å²) in [6.45, 7) is 4.19. The van der Waals surface area contributed by atoms with Crippen molar-refractivity contribution >= 4 is 17.1 Å². The zero-order chi connectivity index (χ0) is 13.1. The Labute approximate surface area is 109 Å². The van der Waals surface area contributed by atoms with Crippen LogP contribution in [0.15, 0.2) is 42.5 Å². The van der Waals surface area contributed by atoms with Crippen LogP contribution < -0.4 is 10.6 Å². The van der Waals surface area contributed by atoms with E-state index in [9.17, 15) is 0 Å². The van der Waals surface area contributed by atoms with Crippen molar-refractivity contribution in [3.05, 3.63) is 53.6 Å². The van der Waals surface area contributed by atoms with E-state index in [4.69, 9.17) is 5.73 Å². The molecule has 2 N–H and O–H groups in total. The van der Waals surface area contributed by atoms with Crippen LogP contribution in [0.3, 0.4) is 0 Å². The van der Waals surface area contributed by atoms with Crippen molar-refractivity contribution in [1.29, 1.82) is 0 Å². The molecule has 0 bridgehead atoms. The quantitative estimate of drug-likeness (QED) is 0.824. The summed E-state index contributed by atoms with van der Waals surface area (Å²) in [4.78, 5) is 2.15. The van der Waals surface area contributed by atoms with Crippen molar-refractivity contribution in [2.75, 3.05) is 17.7 Å². The molecule has 2 aromatic carbocycles. The molecule has 2 heteroatoms. The standard InChI is InChI=1S/C16H20N2/c1-4-13-6-9-14(10-7-13)18(3)15-8-5-12(2)16(17)11-15/h5-11H,4,17H2,1-3H3. The van der Waals surface area contributed by atoms with E-state index < -0.39 is 0 Å². The molecule has 0 heterocycles. The lowest BCUT2D eigenvalue weighted by atomic mass is 10.1. The molecule has 0 aromatic heterocycles. The van der Waals surface area contributed by atoms with Gasteiger partial charge >= 0.3 is 0 Å². The van der Waals surface area contributed by atoms with Crippen LogP contribution >= 0.6 is 0 Å². The van der Waals surface area contributed by atoms with Crippen LogP contribution in [0.4, 0.5) is 17.1 Å². The van der Waals surface area contributed by atoms with E-state index in [0.29, 0.717) is 0 Å². The van der Waals surface area contributed by atoms with Crippen LogP contribution in [0.25, 0.3) is 0 Å². The number of rotatable bonds is 3. The first-order valence-electron chi connectivity index (χ1n) is 6.30. The first-order chi connectivity index (χ1) is 8.61. The molecule has 2 aromatic rings. The van der Waals surface area contributed by atoms with Gasteiger partial charge in [-0.3, -0.25) is 0 Å². The number of nitrogens with zero attached hydrogens (tertiary/aromatic N) is 1. The minimum Gasteiger partial charge on any atom is -0.398 e. The van der Waals surface area contributed by atoms with E-state index >= 15 is 0 Å². The van der Waals surface area contributed by atoms with Gasteiger partial charge in [0, 0.05) is 24.1 Å². The molecule has 2 rings (SSSR count). The zero-order valence-electron chi connectivity index (χ0n) is 11.3. The van der Waals surface area contributed by atoms with Crippen LogP contribution in [-0.2, 0) is 6.42 Å². The summed E-state index contributed by atoms with van der Waals surface area (Å²) in [6, 6.07) is 14.8. The highest BCUT2D eigenvalue weighted by atomic mass is 15.1. The molecule has 0 amide bonds. The van der Waals surface area contributed by atoms with Gasteiger partial charge in [0.15, 0.2) is 0 Å².